The lowest BCUT2D eigenvalue weighted by Crippen LogP contribution is -1.98. The molecule has 0 aliphatic carbocycles. The van der Waals surface area contributed by atoms with Gasteiger partial charge >= 0.3 is 5.97 Å². The number of esters is 1. The van der Waals surface area contributed by atoms with Crippen molar-refractivity contribution < 1.29 is 9.53 Å². The minimum Gasteiger partial charge on any atom is -0.463 e. The predicted octanol–water partition coefficient (Wildman–Crippen LogP) is 0.982. The quantitative estimate of drug-likeness (QED) is 0.334. The van der Waals surface area contributed by atoms with Crippen LogP contribution in [0.1, 0.15) is 6.92 Å². The van der Waals surface area contributed by atoms with Crippen LogP contribution < -0.4 is 0 Å². The fourth-order valence-electron chi connectivity index (χ4n) is 0.292. The number of rotatable bonds is 3. The summed E-state index contributed by atoms with van der Waals surface area (Å²) in [4.78, 5) is 10.4. The fraction of sp³-hybridized carbons (Fsp3) is 0.333. The fourth-order valence-corrected chi connectivity index (χ4v) is 0.360. The highest BCUT2D eigenvalue weighted by atomic mass is 32.1. The van der Waals surface area contributed by atoms with Gasteiger partial charge < -0.3 is 4.74 Å². The van der Waals surface area contributed by atoms with Gasteiger partial charge in [-0.25, -0.2) is 4.79 Å². The van der Waals surface area contributed by atoms with Gasteiger partial charge in [0.15, 0.2) is 0 Å². The molecule has 0 saturated carbocycles. The molecule has 0 spiro atoms. The van der Waals surface area contributed by atoms with Crippen LogP contribution in [-0.4, -0.2) is 17.9 Å². The van der Waals surface area contributed by atoms with Gasteiger partial charge in [0, 0.05) is 6.08 Å². The normalized spacial score (nSPS) is 9.44. The van der Waals surface area contributed by atoms with Crippen molar-refractivity contribution in [3.8, 4) is 0 Å². The van der Waals surface area contributed by atoms with E-state index in [1.54, 1.807) is 6.92 Å². The molecule has 0 unspecified atom stereocenters. The highest BCUT2D eigenvalue weighted by Gasteiger charge is 1.89. The van der Waals surface area contributed by atoms with Crippen LogP contribution in [0.3, 0.4) is 0 Å². The summed E-state index contributed by atoms with van der Waals surface area (Å²) in [5.74, 6) is -0.380. The summed E-state index contributed by atoms with van der Waals surface area (Å²) in [5, 5.41) is 2.26. The number of carbonyl (C=O) groups is 1. The van der Waals surface area contributed by atoms with Crippen molar-refractivity contribution in [2.75, 3.05) is 6.61 Å². The minimum atomic E-state index is -0.380. The Bertz CT molecular complexity index is 129. The Morgan fingerprint density at radius 1 is 1.89 bits per heavy atom. The zero-order chi connectivity index (χ0) is 7.11. The largest absolute Gasteiger partial charge is 0.463 e. The van der Waals surface area contributed by atoms with Gasteiger partial charge in [0.1, 0.15) is 0 Å². The van der Waals surface area contributed by atoms with Crippen molar-refractivity contribution in [1.29, 1.82) is 0 Å². The third-order valence-corrected chi connectivity index (χ3v) is 0.710. The molecule has 0 aliphatic heterocycles. The van der Waals surface area contributed by atoms with E-state index in [0.717, 1.165) is 0 Å². The summed E-state index contributed by atoms with van der Waals surface area (Å²) in [6.45, 7) is 2.13. The molecule has 3 heteroatoms. The van der Waals surface area contributed by atoms with Crippen LogP contribution in [0.15, 0.2) is 12.2 Å². The van der Waals surface area contributed by atoms with E-state index in [-0.39, 0.29) is 5.97 Å². The third-order valence-electron chi connectivity index (χ3n) is 0.574. The summed E-state index contributed by atoms with van der Waals surface area (Å²) in [6, 6.07) is 0. The Morgan fingerprint density at radius 2 is 2.56 bits per heavy atom. The number of carbonyl (C=O) groups excluding carboxylic acids is 1. The molecule has 0 heterocycles. The topological polar surface area (TPSA) is 26.3 Å². The molecule has 0 bridgehead atoms. The molecule has 0 saturated heterocycles. The maximum atomic E-state index is 10.4. The average Bonchev–Trinajstić information content (AvgIpc) is 1.85. The highest BCUT2D eigenvalue weighted by Crippen LogP contribution is 1.78. The predicted molar refractivity (Wildman–Crippen MR) is 38.4 cm³/mol. The average molecular weight is 143 g/mol. The van der Waals surface area contributed by atoms with Crippen LogP contribution in [-0.2, 0) is 9.53 Å². The van der Waals surface area contributed by atoms with Crippen LogP contribution in [0.25, 0.3) is 0 Å². The first kappa shape index (κ1) is 8.30. The van der Waals surface area contributed by atoms with Crippen LogP contribution in [0.5, 0.6) is 0 Å². The Morgan fingerprint density at radius 3 is 3.00 bits per heavy atom. The summed E-state index contributed by atoms with van der Waals surface area (Å²) in [6.07, 6.45) is 2.57. The molecule has 2 nitrogen and oxygen atoms in total. The van der Waals surface area contributed by atoms with E-state index < -0.39 is 0 Å². The van der Waals surface area contributed by atoms with E-state index >= 15 is 0 Å². The second-order valence-corrected chi connectivity index (χ2v) is 1.44. The molecular weight excluding hydrogens is 136 g/mol. The Kier molecular flexibility index (Phi) is 5.01. The smallest absolute Gasteiger partial charge is 0.330 e. The summed E-state index contributed by atoms with van der Waals surface area (Å²) in [5.41, 5.74) is 0. The van der Waals surface area contributed by atoms with Crippen LogP contribution in [0, 0.1) is 0 Å². The van der Waals surface area contributed by atoms with E-state index in [9.17, 15) is 4.79 Å². The van der Waals surface area contributed by atoms with Gasteiger partial charge in [-0.1, -0.05) is 12.2 Å². The minimum absolute atomic E-state index is 0.380. The summed E-state index contributed by atoms with van der Waals surface area (Å²) < 4.78 is 4.53. The summed E-state index contributed by atoms with van der Waals surface area (Å²) in [7, 11) is 0. The molecule has 9 heavy (non-hydrogen) atoms. The Balaban J connectivity index is 3.49. The van der Waals surface area contributed by atoms with Crippen LogP contribution in [0.2, 0.25) is 0 Å². The van der Waals surface area contributed by atoms with E-state index in [1.165, 1.54) is 12.2 Å². The first-order valence-corrected chi connectivity index (χ1v) is 2.93. The van der Waals surface area contributed by atoms with Crippen molar-refractivity contribution in [2.24, 2.45) is 0 Å². The Hall–Kier alpha value is -0.700. The zero-order valence-corrected chi connectivity index (χ0v) is 5.90. The van der Waals surface area contributed by atoms with Crippen LogP contribution >= 0.6 is 12.2 Å². The standard InChI is InChI=1S/C6H7O2S/c1-2-8-6(7)4-3-5-9/h3-4H,2H2,1H3. The maximum Gasteiger partial charge on any atom is 0.330 e. The van der Waals surface area contributed by atoms with Crippen molar-refractivity contribution >= 4 is 23.6 Å². The van der Waals surface area contributed by atoms with Crippen molar-refractivity contribution in [1.82, 2.24) is 0 Å². The number of hydrogen-bond donors (Lipinski definition) is 0. The zero-order valence-electron chi connectivity index (χ0n) is 5.09. The molecule has 49 valence electrons. The molecule has 0 aliphatic rings. The van der Waals surface area contributed by atoms with Gasteiger partial charge in [0.25, 0.3) is 0 Å². The third kappa shape index (κ3) is 5.17. The lowest BCUT2D eigenvalue weighted by atomic mass is 10.5. The second kappa shape index (κ2) is 5.44. The second-order valence-electron chi connectivity index (χ2n) is 1.20. The first-order chi connectivity index (χ1) is 4.31. The molecule has 0 rings (SSSR count). The lowest BCUT2D eigenvalue weighted by Gasteiger charge is -1.91. The number of thiocarbonyl (C=S) groups is 1. The SMILES string of the molecule is CCOC(=O)C=C[C]=S. The first-order valence-electron chi connectivity index (χ1n) is 2.52. The van der Waals surface area contributed by atoms with Gasteiger partial charge in [-0.2, -0.15) is 0 Å². The van der Waals surface area contributed by atoms with Crippen molar-refractivity contribution in [3.05, 3.63) is 12.2 Å². The van der Waals surface area contributed by atoms with E-state index in [0.29, 0.717) is 6.61 Å². The molecule has 1 radical (unpaired) electrons. The van der Waals surface area contributed by atoms with E-state index in [4.69, 9.17) is 0 Å². The molecule has 0 N–H and O–H groups in total. The molecule has 0 fully saturated rings. The summed E-state index contributed by atoms with van der Waals surface area (Å²) >= 11 is 4.31. The van der Waals surface area contributed by atoms with Crippen molar-refractivity contribution in [2.45, 2.75) is 6.92 Å². The molecule has 0 atom stereocenters. The van der Waals surface area contributed by atoms with E-state index in [1.807, 2.05) is 0 Å². The molecule has 0 aromatic rings. The van der Waals surface area contributed by atoms with Crippen molar-refractivity contribution in [3.63, 3.8) is 0 Å². The number of ether oxygens (including phenoxy) is 1. The van der Waals surface area contributed by atoms with Gasteiger partial charge in [-0.3, -0.25) is 0 Å². The van der Waals surface area contributed by atoms with Gasteiger partial charge in [-0.05, 0) is 13.0 Å². The monoisotopic (exact) mass is 143 g/mol. The highest BCUT2D eigenvalue weighted by molar-refractivity contribution is 7.79. The van der Waals surface area contributed by atoms with Crippen LogP contribution in [0.4, 0.5) is 0 Å². The number of hydrogen-bond acceptors (Lipinski definition) is 3. The number of allylic oxidation sites excluding steroid dienone is 1. The molecule has 0 amide bonds. The lowest BCUT2D eigenvalue weighted by molar-refractivity contribution is -0.137. The molecule has 0 aromatic carbocycles. The Labute approximate surface area is 59.5 Å². The van der Waals surface area contributed by atoms with Gasteiger partial charge in [0.05, 0.1) is 12.0 Å². The maximum absolute atomic E-state index is 10.4. The van der Waals surface area contributed by atoms with E-state index in [2.05, 4.69) is 22.3 Å². The molecular formula is C6H7O2S. The van der Waals surface area contributed by atoms with Gasteiger partial charge in [-0.15, -0.1) is 0 Å². The molecule has 0 aromatic heterocycles. The van der Waals surface area contributed by atoms with Gasteiger partial charge in [0.2, 0.25) is 0 Å².